The monoisotopic (exact) mass is 300 g/mol. The largest absolute Gasteiger partial charge is 0.391 e. The molecule has 0 saturated carbocycles. The lowest BCUT2D eigenvalue weighted by atomic mass is 10.1. The number of rotatable bonds is 5. The third-order valence-corrected chi connectivity index (χ3v) is 2.97. The molecule has 0 fully saturated rings. The molecule has 0 aromatic heterocycles. The summed E-state index contributed by atoms with van der Waals surface area (Å²) in [6, 6.07) is 13.4. The molecule has 2 rings (SSSR count). The molecule has 114 valence electrons. The first-order valence-electron chi connectivity index (χ1n) is 6.83. The molecular formula is C17H17FN2O2. The Morgan fingerprint density at radius 3 is 2.32 bits per heavy atom. The fourth-order valence-corrected chi connectivity index (χ4v) is 1.83. The molecule has 0 saturated heterocycles. The highest BCUT2D eigenvalue weighted by Gasteiger charge is 2.00. The number of nitrogens with one attached hydrogen (secondary N) is 1. The van der Waals surface area contributed by atoms with Gasteiger partial charge in [0.2, 0.25) is 5.91 Å². The Balaban J connectivity index is 1.93. The van der Waals surface area contributed by atoms with Gasteiger partial charge in [-0.2, -0.15) is 0 Å². The fraction of sp³-hybridized carbons (Fsp3) is 0.176. The van der Waals surface area contributed by atoms with Gasteiger partial charge in [0.15, 0.2) is 0 Å². The van der Waals surface area contributed by atoms with Crippen LogP contribution in [0.5, 0.6) is 0 Å². The van der Waals surface area contributed by atoms with Crippen molar-refractivity contribution < 1.29 is 14.0 Å². The Hall–Kier alpha value is -2.69. The summed E-state index contributed by atoms with van der Waals surface area (Å²) in [7, 11) is 0. The van der Waals surface area contributed by atoms with E-state index in [0.717, 1.165) is 22.5 Å². The third kappa shape index (κ3) is 4.70. The van der Waals surface area contributed by atoms with Crippen LogP contribution in [0, 0.1) is 5.82 Å². The molecule has 1 amide bonds. The van der Waals surface area contributed by atoms with E-state index in [9.17, 15) is 9.18 Å². The van der Waals surface area contributed by atoms with Gasteiger partial charge in [-0.15, -0.1) is 0 Å². The second-order valence-corrected chi connectivity index (χ2v) is 4.84. The molecule has 0 heterocycles. The number of benzene rings is 2. The number of nitrogens with zero attached hydrogens (tertiary/aromatic N) is 1. The highest BCUT2D eigenvalue weighted by molar-refractivity contribution is 5.99. The summed E-state index contributed by atoms with van der Waals surface area (Å²) in [6.07, 6.45) is 0. The normalized spacial score (nSPS) is 11.1. The lowest BCUT2D eigenvalue weighted by molar-refractivity contribution is -0.114. The number of hydrogen-bond acceptors (Lipinski definition) is 3. The van der Waals surface area contributed by atoms with Crippen molar-refractivity contribution >= 4 is 17.3 Å². The van der Waals surface area contributed by atoms with E-state index < -0.39 is 0 Å². The van der Waals surface area contributed by atoms with Crippen molar-refractivity contribution in [1.82, 2.24) is 0 Å². The zero-order valence-corrected chi connectivity index (χ0v) is 12.5. The highest BCUT2D eigenvalue weighted by atomic mass is 19.1. The maximum absolute atomic E-state index is 12.8. The maximum Gasteiger partial charge on any atom is 0.221 e. The minimum Gasteiger partial charge on any atom is -0.391 e. The van der Waals surface area contributed by atoms with Gasteiger partial charge in [-0.05, 0) is 42.3 Å². The van der Waals surface area contributed by atoms with Gasteiger partial charge in [0.1, 0.15) is 12.4 Å². The summed E-state index contributed by atoms with van der Waals surface area (Å²) in [5, 5.41) is 6.74. The number of carbonyl (C=O) groups excluding carboxylic acids is 1. The van der Waals surface area contributed by atoms with Crippen molar-refractivity contribution in [3.8, 4) is 0 Å². The zero-order chi connectivity index (χ0) is 15.9. The SMILES string of the molecule is CC(=O)Nc1ccc(/C(C)=N/OCc2ccc(F)cc2)cc1. The second-order valence-electron chi connectivity index (χ2n) is 4.84. The predicted octanol–water partition coefficient (Wildman–Crippen LogP) is 3.72. The van der Waals surface area contributed by atoms with Gasteiger partial charge in [-0.1, -0.05) is 29.4 Å². The van der Waals surface area contributed by atoms with Crippen LogP contribution in [0.15, 0.2) is 53.7 Å². The molecule has 0 aliphatic heterocycles. The molecule has 0 aliphatic carbocycles. The molecule has 0 unspecified atom stereocenters. The van der Waals surface area contributed by atoms with Crippen molar-refractivity contribution in [2.75, 3.05) is 5.32 Å². The van der Waals surface area contributed by atoms with Crippen molar-refractivity contribution in [1.29, 1.82) is 0 Å². The summed E-state index contributed by atoms with van der Waals surface area (Å²) in [6.45, 7) is 3.57. The summed E-state index contributed by atoms with van der Waals surface area (Å²) in [4.78, 5) is 16.2. The van der Waals surface area contributed by atoms with Gasteiger partial charge < -0.3 is 10.2 Å². The molecule has 0 spiro atoms. The van der Waals surface area contributed by atoms with Crippen LogP contribution >= 0.6 is 0 Å². The van der Waals surface area contributed by atoms with Crippen LogP contribution in [0.25, 0.3) is 0 Å². The molecule has 0 atom stereocenters. The Morgan fingerprint density at radius 1 is 1.09 bits per heavy atom. The number of oxime groups is 1. The molecule has 22 heavy (non-hydrogen) atoms. The molecule has 2 aromatic carbocycles. The number of amides is 1. The number of anilines is 1. The minimum absolute atomic E-state index is 0.110. The average Bonchev–Trinajstić information content (AvgIpc) is 2.49. The summed E-state index contributed by atoms with van der Waals surface area (Å²) < 4.78 is 12.8. The van der Waals surface area contributed by atoms with Crippen LogP contribution in [0.2, 0.25) is 0 Å². The van der Waals surface area contributed by atoms with Crippen molar-refractivity contribution in [3.05, 3.63) is 65.5 Å². The van der Waals surface area contributed by atoms with Crippen LogP contribution in [0.4, 0.5) is 10.1 Å². The number of carbonyl (C=O) groups is 1. The molecular weight excluding hydrogens is 283 g/mol. The van der Waals surface area contributed by atoms with E-state index in [4.69, 9.17) is 4.84 Å². The Labute approximate surface area is 128 Å². The van der Waals surface area contributed by atoms with E-state index >= 15 is 0 Å². The average molecular weight is 300 g/mol. The minimum atomic E-state index is -0.275. The van der Waals surface area contributed by atoms with E-state index in [1.807, 2.05) is 19.1 Å². The molecule has 0 bridgehead atoms. The second kappa shape index (κ2) is 7.36. The van der Waals surface area contributed by atoms with E-state index in [-0.39, 0.29) is 18.3 Å². The number of halogens is 1. The van der Waals surface area contributed by atoms with E-state index in [1.54, 1.807) is 24.3 Å². The van der Waals surface area contributed by atoms with E-state index in [1.165, 1.54) is 19.1 Å². The molecule has 0 radical (unpaired) electrons. The standard InChI is InChI=1S/C17H17FN2O2/c1-12(15-5-9-17(10-6-15)19-13(2)21)20-22-11-14-3-7-16(18)8-4-14/h3-10H,11H2,1-2H3,(H,19,21)/b20-12+. The maximum atomic E-state index is 12.8. The Kier molecular flexibility index (Phi) is 5.25. The molecule has 0 aliphatic rings. The predicted molar refractivity (Wildman–Crippen MR) is 84.1 cm³/mol. The Bertz CT molecular complexity index is 664. The first kappa shape index (κ1) is 15.7. The van der Waals surface area contributed by atoms with Crippen LogP contribution in [-0.4, -0.2) is 11.6 Å². The smallest absolute Gasteiger partial charge is 0.221 e. The van der Waals surface area contributed by atoms with Gasteiger partial charge >= 0.3 is 0 Å². The lowest BCUT2D eigenvalue weighted by Gasteiger charge is -2.05. The van der Waals surface area contributed by atoms with Gasteiger partial charge in [-0.25, -0.2) is 4.39 Å². The lowest BCUT2D eigenvalue weighted by Crippen LogP contribution is -2.06. The van der Waals surface area contributed by atoms with Crippen LogP contribution < -0.4 is 5.32 Å². The topological polar surface area (TPSA) is 50.7 Å². The van der Waals surface area contributed by atoms with Gasteiger partial charge in [0.05, 0.1) is 5.71 Å². The quantitative estimate of drug-likeness (QED) is 0.676. The first-order valence-corrected chi connectivity index (χ1v) is 6.83. The van der Waals surface area contributed by atoms with Crippen LogP contribution in [0.1, 0.15) is 25.0 Å². The third-order valence-electron chi connectivity index (χ3n) is 2.97. The van der Waals surface area contributed by atoms with Gasteiger partial charge in [0, 0.05) is 12.6 Å². The van der Waals surface area contributed by atoms with Crippen molar-refractivity contribution in [2.45, 2.75) is 20.5 Å². The summed E-state index contributed by atoms with van der Waals surface area (Å²) >= 11 is 0. The molecule has 1 N–H and O–H groups in total. The van der Waals surface area contributed by atoms with Crippen molar-refractivity contribution in [2.24, 2.45) is 5.16 Å². The molecule has 5 heteroatoms. The van der Waals surface area contributed by atoms with Gasteiger partial charge in [-0.3, -0.25) is 4.79 Å². The summed E-state index contributed by atoms with van der Waals surface area (Å²) in [5.74, 6) is -0.386. The van der Waals surface area contributed by atoms with E-state index in [2.05, 4.69) is 10.5 Å². The summed E-state index contributed by atoms with van der Waals surface area (Å²) in [5.41, 5.74) is 3.19. The van der Waals surface area contributed by atoms with E-state index in [0.29, 0.717) is 0 Å². The van der Waals surface area contributed by atoms with Crippen LogP contribution in [0.3, 0.4) is 0 Å². The zero-order valence-electron chi connectivity index (χ0n) is 12.5. The van der Waals surface area contributed by atoms with Crippen LogP contribution in [-0.2, 0) is 16.2 Å². The molecule has 4 nitrogen and oxygen atoms in total. The molecule has 2 aromatic rings. The van der Waals surface area contributed by atoms with Crippen molar-refractivity contribution in [3.63, 3.8) is 0 Å². The fourth-order valence-electron chi connectivity index (χ4n) is 1.83. The van der Waals surface area contributed by atoms with Gasteiger partial charge in [0.25, 0.3) is 0 Å². The number of hydrogen-bond donors (Lipinski definition) is 1. The highest BCUT2D eigenvalue weighted by Crippen LogP contribution is 2.11. The Morgan fingerprint density at radius 2 is 1.73 bits per heavy atom. The first-order chi connectivity index (χ1) is 10.5.